The zero-order valence-electron chi connectivity index (χ0n) is 13.6. The van der Waals surface area contributed by atoms with Crippen LogP contribution in [-0.4, -0.2) is 23.8 Å². The molecule has 2 amide bonds. The van der Waals surface area contributed by atoms with Gasteiger partial charge in [0.1, 0.15) is 0 Å². The minimum Gasteiger partial charge on any atom is -0.355 e. The summed E-state index contributed by atoms with van der Waals surface area (Å²) in [7, 11) is 1.57. The quantitative estimate of drug-likeness (QED) is 0.679. The van der Waals surface area contributed by atoms with Crippen LogP contribution in [0.25, 0.3) is 10.9 Å². The van der Waals surface area contributed by atoms with Gasteiger partial charge in [-0.05, 0) is 23.8 Å². The van der Waals surface area contributed by atoms with E-state index in [-0.39, 0.29) is 17.4 Å². The minimum absolute atomic E-state index is 0.162. The van der Waals surface area contributed by atoms with Crippen molar-refractivity contribution in [2.45, 2.75) is 6.54 Å². The lowest BCUT2D eigenvalue weighted by atomic mass is 10.1. The van der Waals surface area contributed by atoms with Crippen molar-refractivity contribution in [1.82, 2.24) is 15.6 Å². The lowest BCUT2D eigenvalue weighted by Crippen LogP contribution is -2.25. The van der Waals surface area contributed by atoms with Gasteiger partial charge in [0.15, 0.2) is 0 Å². The van der Waals surface area contributed by atoms with Crippen molar-refractivity contribution in [2.75, 3.05) is 7.05 Å². The van der Waals surface area contributed by atoms with E-state index in [2.05, 4.69) is 15.6 Å². The molecule has 0 unspecified atom stereocenters. The molecule has 25 heavy (non-hydrogen) atoms. The van der Waals surface area contributed by atoms with Crippen LogP contribution >= 0.6 is 0 Å². The summed E-state index contributed by atoms with van der Waals surface area (Å²) in [6, 6.07) is 15.4. The largest absolute Gasteiger partial charge is 0.355 e. The van der Waals surface area contributed by atoms with Crippen LogP contribution in [0.5, 0.6) is 0 Å². The maximum Gasteiger partial charge on any atom is 0.252 e. The smallest absolute Gasteiger partial charge is 0.252 e. The second-order valence-corrected chi connectivity index (χ2v) is 5.55. The van der Waals surface area contributed by atoms with Crippen LogP contribution in [0.1, 0.15) is 26.3 Å². The number of carbonyl (C=O) groups is 2. The van der Waals surface area contributed by atoms with Gasteiger partial charge in [-0.25, -0.2) is 0 Å². The van der Waals surface area contributed by atoms with Crippen molar-refractivity contribution < 1.29 is 9.59 Å². The van der Waals surface area contributed by atoms with Crippen LogP contribution in [0.4, 0.5) is 0 Å². The normalized spacial score (nSPS) is 10.4. The molecule has 126 valence electrons. The summed E-state index contributed by atoms with van der Waals surface area (Å²) >= 11 is 0. The Morgan fingerprint density at radius 1 is 1.00 bits per heavy atom. The number of benzene rings is 2. The number of para-hydroxylation sites is 1. The number of H-pyrrole nitrogens is 1. The molecule has 0 saturated heterocycles. The number of fused-ring (bicyclic) bond motifs is 1. The van der Waals surface area contributed by atoms with E-state index in [1.54, 1.807) is 49.5 Å². The Morgan fingerprint density at radius 3 is 2.44 bits per heavy atom. The number of nitrogens with one attached hydrogen (secondary N) is 3. The van der Waals surface area contributed by atoms with E-state index in [0.717, 1.165) is 5.56 Å². The fraction of sp³-hybridized carbons (Fsp3) is 0.105. The summed E-state index contributed by atoms with van der Waals surface area (Å²) in [5, 5.41) is 6.05. The van der Waals surface area contributed by atoms with Crippen molar-refractivity contribution in [3.63, 3.8) is 0 Å². The molecular formula is C19H17N3O3. The monoisotopic (exact) mass is 335 g/mol. The Balaban J connectivity index is 1.77. The van der Waals surface area contributed by atoms with E-state index in [1.807, 2.05) is 6.07 Å². The lowest BCUT2D eigenvalue weighted by Gasteiger charge is -2.08. The molecule has 0 spiro atoms. The van der Waals surface area contributed by atoms with E-state index >= 15 is 0 Å². The lowest BCUT2D eigenvalue weighted by molar-refractivity contribution is 0.0947. The van der Waals surface area contributed by atoms with E-state index in [0.29, 0.717) is 28.6 Å². The van der Waals surface area contributed by atoms with Gasteiger partial charge >= 0.3 is 0 Å². The predicted octanol–water partition coefficient (Wildman–Crippen LogP) is 1.82. The molecule has 1 heterocycles. The highest BCUT2D eigenvalue weighted by atomic mass is 16.2. The number of carbonyl (C=O) groups excluding carboxylic acids is 2. The highest BCUT2D eigenvalue weighted by Crippen LogP contribution is 2.14. The molecule has 2 aromatic carbocycles. The number of hydrogen-bond donors (Lipinski definition) is 3. The van der Waals surface area contributed by atoms with Gasteiger partial charge in [-0.15, -0.1) is 0 Å². The van der Waals surface area contributed by atoms with Gasteiger partial charge in [-0.2, -0.15) is 0 Å². The molecule has 6 nitrogen and oxygen atoms in total. The third-order valence-corrected chi connectivity index (χ3v) is 3.89. The van der Waals surface area contributed by atoms with Gasteiger partial charge < -0.3 is 15.6 Å². The molecule has 3 rings (SSSR count). The van der Waals surface area contributed by atoms with Gasteiger partial charge in [0.2, 0.25) is 5.56 Å². The van der Waals surface area contributed by atoms with E-state index < -0.39 is 0 Å². The fourth-order valence-electron chi connectivity index (χ4n) is 2.59. The van der Waals surface area contributed by atoms with Crippen molar-refractivity contribution >= 4 is 22.7 Å². The molecule has 0 fully saturated rings. The third kappa shape index (κ3) is 3.58. The van der Waals surface area contributed by atoms with Crippen molar-refractivity contribution in [1.29, 1.82) is 0 Å². The van der Waals surface area contributed by atoms with Gasteiger partial charge in [0.05, 0.1) is 5.56 Å². The fourth-order valence-corrected chi connectivity index (χ4v) is 2.59. The molecule has 0 atom stereocenters. The average molecular weight is 335 g/mol. The number of amides is 2. The Bertz CT molecular complexity index is 991. The molecule has 6 heteroatoms. The van der Waals surface area contributed by atoms with Crippen molar-refractivity contribution in [3.8, 4) is 0 Å². The highest BCUT2D eigenvalue weighted by molar-refractivity contribution is 6.05. The molecule has 0 aliphatic heterocycles. The van der Waals surface area contributed by atoms with Gasteiger partial charge in [0.25, 0.3) is 11.8 Å². The van der Waals surface area contributed by atoms with Crippen molar-refractivity contribution in [3.05, 3.63) is 81.6 Å². The molecule has 3 N–H and O–H groups in total. The van der Waals surface area contributed by atoms with Gasteiger partial charge in [0, 0.05) is 36.1 Å². The van der Waals surface area contributed by atoms with Gasteiger partial charge in [-0.1, -0.05) is 30.3 Å². The minimum atomic E-state index is -0.322. The summed E-state index contributed by atoms with van der Waals surface area (Å²) < 4.78 is 0. The van der Waals surface area contributed by atoms with Gasteiger partial charge in [-0.3, -0.25) is 14.4 Å². The summed E-state index contributed by atoms with van der Waals surface area (Å²) in [6.07, 6.45) is 0. The first-order valence-electron chi connectivity index (χ1n) is 7.80. The zero-order valence-corrected chi connectivity index (χ0v) is 13.6. The van der Waals surface area contributed by atoms with Crippen LogP contribution < -0.4 is 16.2 Å². The molecule has 0 bridgehead atoms. The third-order valence-electron chi connectivity index (χ3n) is 3.89. The molecule has 1 aromatic heterocycles. The summed E-state index contributed by atoms with van der Waals surface area (Å²) in [6.45, 7) is 0.300. The average Bonchev–Trinajstić information content (AvgIpc) is 2.65. The van der Waals surface area contributed by atoms with E-state index in [1.165, 1.54) is 6.07 Å². The first kappa shape index (κ1) is 16.4. The standard InChI is InChI=1S/C19H17N3O3/c1-20-18(24)13-8-6-12(7-9-13)11-21-19(25)15-10-17(23)22-16-5-3-2-4-14(15)16/h2-10H,11H2,1H3,(H,20,24)(H,21,25)(H,22,23). The summed E-state index contributed by atoms with van der Waals surface area (Å²) in [5.41, 5.74) is 2.04. The van der Waals surface area contributed by atoms with Crippen LogP contribution in [0.2, 0.25) is 0 Å². The maximum atomic E-state index is 12.5. The summed E-state index contributed by atoms with van der Waals surface area (Å²) in [4.78, 5) is 38.4. The van der Waals surface area contributed by atoms with Crippen LogP contribution in [0.3, 0.4) is 0 Å². The van der Waals surface area contributed by atoms with Crippen molar-refractivity contribution in [2.24, 2.45) is 0 Å². The predicted molar refractivity (Wildman–Crippen MR) is 95.6 cm³/mol. The molecule has 0 aliphatic rings. The summed E-state index contributed by atoms with van der Waals surface area (Å²) in [5.74, 6) is -0.483. The second-order valence-electron chi connectivity index (χ2n) is 5.55. The highest BCUT2D eigenvalue weighted by Gasteiger charge is 2.11. The topological polar surface area (TPSA) is 91.1 Å². The zero-order chi connectivity index (χ0) is 17.8. The first-order chi connectivity index (χ1) is 12.1. The van der Waals surface area contributed by atoms with Crippen LogP contribution in [0, 0.1) is 0 Å². The van der Waals surface area contributed by atoms with E-state index in [9.17, 15) is 14.4 Å². The molecule has 0 aliphatic carbocycles. The molecule has 0 radical (unpaired) electrons. The van der Waals surface area contributed by atoms with Crippen LogP contribution in [-0.2, 0) is 6.54 Å². The molecular weight excluding hydrogens is 318 g/mol. The number of hydrogen-bond acceptors (Lipinski definition) is 3. The Kier molecular flexibility index (Phi) is 4.61. The second kappa shape index (κ2) is 7.00. The van der Waals surface area contributed by atoms with E-state index in [4.69, 9.17) is 0 Å². The number of aromatic nitrogens is 1. The Labute approximate surface area is 143 Å². The molecule has 3 aromatic rings. The first-order valence-corrected chi connectivity index (χ1v) is 7.80. The maximum absolute atomic E-state index is 12.5. The SMILES string of the molecule is CNC(=O)c1ccc(CNC(=O)c2cc(=O)[nH]c3ccccc23)cc1. The van der Waals surface area contributed by atoms with Crippen LogP contribution in [0.15, 0.2) is 59.4 Å². The number of aromatic amines is 1. The Hall–Kier alpha value is -3.41. The molecule has 0 saturated carbocycles. The number of rotatable bonds is 4. The number of pyridine rings is 1. The Morgan fingerprint density at radius 2 is 1.72 bits per heavy atom.